The molecule has 0 aromatic carbocycles. The largest absolute Gasteiger partial charge is 0.542 e. The Balaban J connectivity index is -0.000000283. The van der Waals surface area contributed by atoms with Gasteiger partial charge in [0.25, 0.3) is 0 Å². The maximum absolute atomic E-state index is 10.5. The summed E-state index contributed by atoms with van der Waals surface area (Å²) < 4.78 is 72.6. The van der Waals surface area contributed by atoms with E-state index in [0.717, 1.165) is 13.1 Å². The Morgan fingerprint density at radius 1 is 0.792 bits per heavy atom. The second-order valence-corrected chi connectivity index (χ2v) is 3.18. The third-order valence-corrected chi connectivity index (χ3v) is 1.14. The Kier molecular flexibility index (Phi) is 15.7. The lowest BCUT2D eigenvalue weighted by Gasteiger charge is -2.03. The molecule has 0 fully saturated rings. The molecular formula is C10H14F6N2O6. The summed E-state index contributed by atoms with van der Waals surface area (Å²) in [5, 5.41) is 17.6. The second kappa shape index (κ2) is 14.2. The van der Waals surface area contributed by atoms with Crippen molar-refractivity contribution in [2.24, 2.45) is 0 Å². The van der Waals surface area contributed by atoms with E-state index in [9.17, 15) is 26.3 Å². The van der Waals surface area contributed by atoms with E-state index in [2.05, 4.69) is 23.7 Å². The molecule has 14 heteroatoms. The summed E-state index contributed by atoms with van der Waals surface area (Å²) in [6.07, 6.45) is -5.63. The van der Waals surface area contributed by atoms with Crippen LogP contribution in [0, 0.1) is 12.2 Å². The molecule has 24 heavy (non-hydrogen) atoms. The van der Waals surface area contributed by atoms with Crippen molar-refractivity contribution in [1.29, 1.82) is 0 Å². The number of quaternary nitrogens is 2. The van der Waals surface area contributed by atoms with Crippen LogP contribution in [0.1, 0.15) is 0 Å². The summed E-state index contributed by atoms with van der Waals surface area (Å²) >= 11 is 0. The molecule has 0 aliphatic heterocycles. The van der Waals surface area contributed by atoms with Gasteiger partial charge in [0.2, 0.25) is 0 Å². The second-order valence-electron chi connectivity index (χ2n) is 3.18. The predicted molar refractivity (Wildman–Crippen MR) is 57.3 cm³/mol. The summed E-state index contributed by atoms with van der Waals surface area (Å²) in [7, 11) is 0. The average Bonchev–Trinajstić information content (AvgIpc) is 2.42. The number of hydrogen-bond donors (Lipinski definition) is 2. The molecule has 142 valence electrons. The van der Waals surface area contributed by atoms with E-state index in [1.165, 1.54) is 0 Å². The molecule has 0 aliphatic rings. The first-order valence-corrected chi connectivity index (χ1v) is 5.69. The first-order valence-electron chi connectivity index (χ1n) is 5.69. The van der Waals surface area contributed by atoms with Crippen molar-refractivity contribution < 1.29 is 67.1 Å². The number of hydrogen-bond acceptors (Lipinski definition) is 6. The highest BCUT2D eigenvalue weighted by atomic mass is 19.4. The lowest BCUT2D eigenvalue weighted by molar-refractivity contribution is -0.372. The third kappa shape index (κ3) is 24.6. The van der Waals surface area contributed by atoms with Crippen molar-refractivity contribution >= 4 is 11.9 Å². The topological polar surface area (TPSA) is 154 Å². The van der Waals surface area contributed by atoms with Crippen molar-refractivity contribution in [2.75, 3.05) is 26.3 Å². The fourth-order valence-electron chi connectivity index (χ4n) is 0.305. The number of aliphatic carboxylic acids is 2. The molecule has 0 radical (unpaired) electrons. The number of rotatable bonds is 4. The van der Waals surface area contributed by atoms with E-state index >= 15 is 0 Å². The molecule has 0 heterocycles. The zero-order chi connectivity index (χ0) is 19.8. The first kappa shape index (κ1) is 26.5. The quantitative estimate of drug-likeness (QED) is 0.291. The van der Waals surface area contributed by atoms with Crippen LogP contribution >= 0.6 is 0 Å². The van der Waals surface area contributed by atoms with Crippen LogP contribution in [0.4, 0.5) is 26.3 Å². The summed E-state index contributed by atoms with van der Waals surface area (Å²) in [5.74, 6) is -6.01. The van der Waals surface area contributed by atoms with E-state index in [1.807, 2.05) is 0 Å². The van der Waals surface area contributed by atoms with Crippen molar-refractivity contribution in [3.05, 3.63) is 0 Å². The number of halogens is 6. The van der Waals surface area contributed by atoms with Gasteiger partial charge in [0, 0.05) is 0 Å². The van der Waals surface area contributed by atoms with Crippen LogP contribution in [-0.4, -0.2) is 50.6 Å². The molecule has 0 unspecified atom stereocenters. The van der Waals surface area contributed by atoms with E-state index < -0.39 is 24.3 Å². The number of alkyl halides is 6. The lowest BCUT2D eigenvalue weighted by atomic mass is 10.7. The van der Waals surface area contributed by atoms with Crippen molar-refractivity contribution in [3.8, 4) is 12.2 Å². The van der Waals surface area contributed by atoms with Crippen molar-refractivity contribution in [2.45, 2.75) is 12.4 Å². The molecule has 0 amide bonds. The molecule has 8 nitrogen and oxygen atoms in total. The van der Waals surface area contributed by atoms with Crippen LogP contribution in [-0.2, 0) is 19.1 Å². The van der Waals surface area contributed by atoms with Gasteiger partial charge in [-0.3, -0.25) is 0 Å². The zero-order valence-corrected chi connectivity index (χ0v) is 12.0. The summed E-state index contributed by atoms with van der Waals surface area (Å²) in [6, 6.07) is 0. The molecule has 0 aliphatic carbocycles. The standard InChI is InChI=1S/C6H12N2O2.2C2HF3O2/c7-1-3-9-5-6-10-4-2-8;2*3-2(4,5)1(6)7/h1-4,7-8H2;2*(H,6,7). The lowest BCUT2D eigenvalue weighted by Crippen LogP contribution is -2.52. The van der Waals surface area contributed by atoms with Gasteiger partial charge in [0.1, 0.15) is 38.2 Å². The molecule has 6 N–H and O–H groups in total. The minimum Gasteiger partial charge on any atom is -0.542 e. The van der Waals surface area contributed by atoms with Crippen LogP contribution in [0.15, 0.2) is 0 Å². The van der Waals surface area contributed by atoms with E-state index in [0.29, 0.717) is 13.2 Å². The smallest absolute Gasteiger partial charge is 0.430 e. The Morgan fingerprint density at radius 2 is 1.00 bits per heavy atom. The van der Waals surface area contributed by atoms with Gasteiger partial charge in [0.15, 0.2) is 12.2 Å². The van der Waals surface area contributed by atoms with Gasteiger partial charge < -0.3 is 40.7 Å². The van der Waals surface area contributed by atoms with Crippen LogP contribution < -0.4 is 21.7 Å². The maximum atomic E-state index is 10.5. The van der Waals surface area contributed by atoms with Crippen molar-refractivity contribution in [3.63, 3.8) is 0 Å². The number of carboxylic acid groups (broad SMARTS) is 2. The van der Waals surface area contributed by atoms with E-state index in [4.69, 9.17) is 29.3 Å². The molecule has 0 atom stereocenters. The molecule has 0 aromatic rings. The number of carbonyl (C=O) groups is 2. The van der Waals surface area contributed by atoms with E-state index in [-0.39, 0.29) is 0 Å². The Labute approximate surface area is 131 Å². The number of ether oxygens (including phenoxy) is 2. The molecule has 0 rings (SSSR count). The maximum Gasteiger partial charge on any atom is 0.430 e. The monoisotopic (exact) mass is 372 g/mol. The molecule has 0 spiro atoms. The van der Waals surface area contributed by atoms with Crippen LogP contribution in [0.2, 0.25) is 0 Å². The Morgan fingerprint density at radius 3 is 1.12 bits per heavy atom. The summed E-state index contributed by atoms with van der Waals surface area (Å²) in [5.41, 5.74) is 7.15. The van der Waals surface area contributed by atoms with Gasteiger partial charge >= 0.3 is 12.4 Å². The zero-order valence-electron chi connectivity index (χ0n) is 12.0. The Bertz CT molecular complexity index is 379. The van der Waals surface area contributed by atoms with Gasteiger partial charge in [-0.15, -0.1) is 0 Å². The normalized spacial score (nSPS) is 9.83. The SMILES string of the molecule is O=C([O-])C(F)(F)F.O=C([O-])C(F)(F)F.[NH3+]CCOC#COCC[NH3+]. The molecule has 0 aromatic heterocycles. The minimum atomic E-state index is -5.19. The van der Waals surface area contributed by atoms with Gasteiger partial charge in [0.05, 0.1) is 0 Å². The van der Waals surface area contributed by atoms with Crippen LogP contribution in [0.3, 0.4) is 0 Å². The third-order valence-electron chi connectivity index (χ3n) is 1.14. The van der Waals surface area contributed by atoms with Crippen LogP contribution in [0.25, 0.3) is 0 Å². The molecule has 0 saturated heterocycles. The average molecular weight is 372 g/mol. The van der Waals surface area contributed by atoms with Gasteiger partial charge in [-0.1, -0.05) is 0 Å². The van der Waals surface area contributed by atoms with Crippen LogP contribution in [0.5, 0.6) is 0 Å². The number of carboxylic acids is 2. The highest BCUT2D eigenvalue weighted by Crippen LogP contribution is 2.12. The van der Waals surface area contributed by atoms with Gasteiger partial charge in [-0.25, -0.2) is 0 Å². The minimum absolute atomic E-state index is 0.556. The van der Waals surface area contributed by atoms with Gasteiger partial charge in [-0.2, -0.15) is 26.3 Å². The fourth-order valence-corrected chi connectivity index (χ4v) is 0.305. The highest BCUT2D eigenvalue weighted by molar-refractivity contribution is 5.71. The molecular weight excluding hydrogens is 358 g/mol. The van der Waals surface area contributed by atoms with Gasteiger partial charge in [-0.05, 0) is 0 Å². The molecule has 0 bridgehead atoms. The number of carbonyl (C=O) groups excluding carboxylic acids is 2. The predicted octanol–water partition coefficient (Wildman–Crippen LogP) is -3.98. The first-order chi connectivity index (χ1) is 10.8. The molecule has 0 saturated carbocycles. The highest BCUT2D eigenvalue weighted by Gasteiger charge is 2.29. The van der Waals surface area contributed by atoms with Crippen molar-refractivity contribution in [1.82, 2.24) is 0 Å². The summed E-state index contributed by atoms with van der Waals surface area (Å²) in [4.78, 5) is 17.6. The fraction of sp³-hybridized carbons (Fsp3) is 0.600. The van der Waals surface area contributed by atoms with E-state index in [1.54, 1.807) is 0 Å². The summed E-state index contributed by atoms with van der Waals surface area (Å²) in [6.45, 7) is 2.56. The Hall–Kier alpha value is -2.40.